The van der Waals surface area contributed by atoms with E-state index in [-0.39, 0.29) is 0 Å². The molecule has 0 amide bonds. The second-order valence-corrected chi connectivity index (χ2v) is 4.77. The van der Waals surface area contributed by atoms with Gasteiger partial charge in [-0.1, -0.05) is 48.0 Å². The largest absolute Gasteiger partial charge is 0.385 e. The van der Waals surface area contributed by atoms with E-state index in [1.165, 1.54) is 28.8 Å². The molecule has 0 bridgehead atoms. The third-order valence-corrected chi connectivity index (χ3v) is 3.56. The fourth-order valence-corrected chi connectivity index (χ4v) is 2.61. The van der Waals surface area contributed by atoms with E-state index in [9.17, 15) is 0 Å². The molecule has 3 rings (SSSR count). The summed E-state index contributed by atoms with van der Waals surface area (Å²) in [5.41, 5.74) is 5.49. The molecule has 17 heavy (non-hydrogen) atoms. The van der Waals surface area contributed by atoms with Gasteiger partial charge in [0, 0.05) is 18.2 Å². The minimum Gasteiger partial charge on any atom is -0.385 e. The van der Waals surface area contributed by atoms with E-state index in [4.69, 9.17) is 0 Å². The van der Waals surface area contributed by atoms with Crippen LogP contribution in [0.25, 0.3) is 0 Å². The average molecular weight is 223 g/mol. The van der Waals surface area contributed by atoms with E-state index in [1.54, 1.807) is 0 Å². The van der Waals surface area contributed by atoms with Crippen molar-refractivity contribution in [2.24, 2.45) is 0 Å². The lowest BCUT2D eigenvalue weighted by atomic mass is 9.85. The minimum absolute atomic E-state index is 0.549. The molecule has 1 N–H and O–H groups in total. The van der Waals surface area contributed by atoms with Crippen LogP contribution >= 0.6 is 0 Å². The molecule has 1 nitrogen and oxygen atoms in total. The summed E-state index contributed by atoms with van der Waals surface area (Å²) >= 11 is 0. The van der Waals surface area contributed by atoms with Gasteiger partial charge >= 0.3 is 0 Å². The molecule has 2 aromatic rings. The Labute approximate surface area is 102 Å². The molecule has 1 heterocycles. The number of anilines is 1. The number of aryl methyl sites for hydroxylation is 1. The fraction of sp³-hybridized carbons (Fsp3) is 0.250. The van der Waals surface area contributed by atoms with Gasteiger partial charge in [0.1, 0.15) is 0 Å². The summed E-state index contributed by atoms with van der Waals surface area (Å²) in [7, 11) is 0. The van der Waals surface area contributed by atoms with Gasteiger partial charge < -0.3 is 5.32 Å². The molecule has 1 aliphatic heterocycles. The maximum Gasteiger partial charge on any atom is 0.0379 e. The van der Waals surface area contributed by atoms with Crippen molar-refractivity contribution >= 4 is 5.69 Å². The predicted octanol–water partition coefficient (Wildman–Crippen LogP) is 3.94. The van der Waals surface area contributed by atoms with Crippen molar-refractivity contribution in [1.29, 1.82) is 0 Å². The first-order valence-electron chi connectivity index (χ1n) is 6.24. The quantitative estimate of drug-likeness (QED) is 0.772. The first kappa shape index (κ1) is 10.4. The van der Waals surface area contributed by atoms with Crippen LogP contribution in [-0.2, 0) is 0 Å². The highest BCUT2D eigenvalue weighted by Crippen LogP contribution is 2.36. The molecule has 0 aromatic heterocycles. The summed E-state index contributed by atoms with van der Waals surface area (Å²) < 4.78 is 0. The van der Waals surface area contributed by atoms with Gasteiger partial charge in [0.2, 0.25) is 0 Å². The highest BCUT2D eigenvalue weighted by molar-refractivity contribution is 5.57. The van der Waals surface area contributed by atoms with Crippen LogP contribution in [0, 0.1) is 6.92 Å². The van der Waals surface area contributed by atoms with E-state index >= 15 is 0 Å². The van der Waals surface area contributed by atoms with Crippen LogP contribution in [0.3, 0.4) is 0 Å². The van der Waals surface area contributed by atoms with Crippen LogP contribution in [0.5, 0.6) is 0 Å². The molecule has 0 radical (unpaired) electrons. The molecular formula is C16H17N. The molecule has 1 aliphatic rings. The van der Waals surface area contributed by atoms with E-state index in [0.29, 0.717) is 5.92 Å². The second kappa shape index (κ2) is 4.25. The Morgan fingerprint density at radius 2 is 1.76 bits per heavy atom. The van der Waals surface area contributed by atoms with Crippen LogP contribution < -0.4 is 5.32 Å². The molecule has 1 heteroatoms. The number of nitrogens with one attached hydrogen (secondary N) is 1. The van der Waals surface area contributed by atoms with Crippen molar-refractivity contribution in [3.05, 3.63) is 65.2 Å². The SMILES string of the molecule is Cc1ccc(C2CCNc3ccccc32)cc1. The van der Waals surface area contributed by atoms with Crippen LogP contribution in [0.4, 0.5) is 5.69 Å². The van der Waals surface area contributed by atoms with Crippen molar-refractivity contribution in [1.82, 2.24) is 0 Å². The predicted molar refractivity (Wildman–Crippen MR) is 72.6 cm³/mol. The zero-order valence-corrected chi connectivity index (χ0v) is 10.1. The number of fused-ring (bicyclic) bond motifs is 1. The Hall–Kier alpha value is -1.76. The van der Waals surface area contributed by atoms with E-state index in [1.807, 2.05) is 0 Å². The molecule has 0 saturated heterocycles. The van der Waals surface area contributed by atoms with Gasteiger partial charge in [-0.15, -0.1) is 0 Å². The summed E-state index contributed by atoms with van der Waals surface area (Å²) in [5, 5.41) is 3.47. The number of rotatable bonds is 1. The van der Waals surface area contributed by atoms with Crippen LogP contribution in [0.1, 0.15) is 29.0 Å². The fourth-order valence-electron chi connectivity index (χ4n) is 2.61. The number of benzene rings is 2. The highest BCUT2D eigenvalue weighted by atomic mass is 14.9. The number of hydrogen-bond acceptors (Lipinski definition) is 1. The third-order valence-electron chi connectivity index (χ3n) is 3.56. The topological polar surface area (TPSA) is 12.0 Å². The van der Waals surface area contributed by atoms with Gasteiger partial charge in [0.15, 0.2) is 0 Å². The van der Waals surface area contributed by atoms with Crippen LogP contribution in [-0.4, -0.2) is 6.54 Å². The molecule has 0 spiro atoms. The minimum atomic E-state index is 0.549. The molecule has 0 aliphatic carbocycles. The molecule has 1 atom stereocenters. The number of hydrogen-bond donors (Lipinski definition) is 1. The molecule has 0 fully saturated rings. The first-order chi connectivity index (χ1) is 8.34. The van der Waals surface area contributed by atoms with Crippen molar-refractivity contribution in [2.75, 3.05) is 11.9 Å². The summed E-state index contributed by atoms with van der Waals surface area (Å²) in [5.74, 6) is 0.549. The Morgan fingerprint density at radius 1 is 1.00 bits per heavy atom. The molecule has 2 aromatic carbocycles. The van der Waals surface area contributed by atoms with Gasteiger partial charge in [0.25, 0.3) is 0 Å². The number of para-hydroxylation sites is 1. The van der Waals surface area contributed by atoms with E-state index < -0.39 is 0 Å². The van der Waals surface area contributed by atoms with E-state index in [0.717, 1.165) is 6.54 Å². The summed E-state index contributed by atoms with van der Waals surface area (Å²) in [6.45, 7) is 3.20. The van der Waals surface area contributed by atoms with Crippen LogP contribution in [0.15, 0.2) is 48.5 Å². The molecular weight excluding hydrogens is 206 g/mol. The van der Waals surface area contributed by atoms with Gasteiger partial charge in [-0.25, -0.2) is 0 Å². The van der Waals surface area contributed by atoms with Gasteiger partial charge in [-0.3, -0.25) is 0 Å². The average Bonchev–Trinajstić information content (AvgIpc) is 2.39. The van der Waals surface area contributed by atoms with Crippen molar-refractivity contribution < 1.29 is 0 Å². The Morgan fingerprint density at radius 3 is 2.59 bits per heavy atom. The highest BCUT2D eigenvalue weighted by Gasteiger charge is 2.20. The van der Waals surface area contributed by atoms with Crippen molar-refractivity contribution in [2.45, 2.75) is 19.3 Å². The smallest absolute Gasteiger partial charge is 0.0379 e. The Balaban J connectivity index is 2.03. The van der Waals surface area contributed by atoms with Gasteiger partial charge in [-0.2, -0.15) is 0 Å². The zero-order valence-electron chi connectivity index (χ0n) is 10.1. The summed E-state index contributed by atoms with van der Waals surface area (Å²) in [4.78, 5) is 0. The van der Waals surface area contributed by atoms with E-state index in [2.05, 4.69) is 60.8 Å². The first-order valence-corrected chi connectivity index (χ1v) is 6.24. The lowest BCUT2D eigenvalue weighted by Crippen LogP contribution is -2.17. The van der Waals surface area contributed by atoms with Crippen molar-refractivity contribution in [3.8, 4) is 0 Å². The maximum atomic E-state index is 3.47. The summed E-state index contributed by atoms with van der Waals surface area (Å²) in [6, 6.07) is 17.6. The zero-order chi connectivity index (χ0) is 11.7. The lowest BCUT2D eigenvalue weighted by molar-refractivity contribution is 0.720. The lowest BCUT2D eigenvalue weighted by Gasteiger charge is -2.27. The Bertz CT molecular complexity index is 513. The summed E-state index contributed by atoms with van der Waals surface area (Å²) in [6.07, 6.45) is 1.18. The maximum absolute atomic E-state index is 3.47. The van der Waals surface area contributed by atoms with Crippen LogP contribution in [0.2, 0.25) is 0 Å². The van der Waals surface area contributed by atoms with Gasteiger partial charge in [-0.05, 0) is 30.5 Å². The molecule has 0 saturated carbocycles. The second-order valence-electron chi connectivity index (χ2n) is 4.77. The Kier molecular flexibility index (Phi) is 2.60. The molecule has 86 valence electrons. The standard InChI is InChI=1S/C16H17N/c1-12-6-8-13(9-7-12)14-10-11-17-16-5-3-2-4-15(14)16/h2-9,14,17H,10-11H2,1H3. The third kappa shape index (κ3) is 1.93. The van der Waals surface area contributed by atoms with Crippen molar-refractivity contribution in [3.63, 3.8) is 0 Å². The normalized spacial score (nSPS) is 18.3. The van der Waals surface area contributed by atoms with Gasteiger partial charge in [0.05, 0.1) is 0 Å². The monoisotopic (exact) mass is 223 g/mol. The molecule has 1 unspecified atom stereocenters.